The lowest BCUT2D eigenvalue weighted by molar-refractivity contribution is 0.261. The van der Waals surface area contributed by atoms with Crippen LogP contribution < -0.4 is 5.32 Å². The van der Waals surface area contributed by atoms with Gasteiger partial charge < -0.3 is 5.32 Å². The average molecular weight is 288 g/mol. The maximum atomic E-state index is 12.3. The van der Waals surface area contributed by atoms with Crippen molar-refractivity contribution in [3.63, 3.8) is 0 Å². The molecule has 0 amide bonds. The highest BCUT2D eigenvalue weighted by atomic mass is 32.2. The maximum absolute atomic E-state index is 12.3. The van der Waals surface area contributed by atoms with Gasteiger partial charge in [-0.05, 0) is 51.0 Å². The van der Waals surface area contributed by atoms with E-state index in [1.54, 1.807) is 4.31 Å². The first-order valence-corrected chi connectivity index (χ1v) is 9.44. The molecule has 1 aliphatic carbocycles. The van der Waals surface area contributed by atoms with Crippen molar-refractivity contribution in [3.8, 4) is 0 Å². The molecule has 1 saturated heterocycles. The Labute approximate surface area is 118 Å². The lowest BCUT2D eigenvalue weighted by Crippen LogP contribution is -2.41. The normalized spacial score (nSPS) is 25.6. The molecular weight excluding hydrogens is 260 g/mol. The highest BCUT2D eigenvalue weighted by Crippen LogP contribution is 2.22. The summed E-state index contributed by atoms with van der Waals surface area (Å²) in [5.41, 5.74) is 0. The summed E-state index contributed by atoms with van der Waals surface area (Å²) in [6, 6.07) is 0.726. The van der Waals surface area contributed by atoms with Gasteiger partial charge in [0, 0.05) is 19.1 Å². The van der Waals surface area contributed by atoms with Crippen LogP contribution in [-0.2, 0) is 10.0 Å². The van der Waals surface area contributed by atoms with E-state index in [9.17, 15) is 8.42 Å². The number of hydrogen-bond donors (Lipinski definition) is 1. The number of hydrogen-bond acceptors (Lipinski definition) is 3. The lowest BCUT2D eigenvalue weighted by Gasteiger charge is -2.31. The van der Waals surface area contributed by atoms with Crippen molar-refractivity contribution in [3.05, 3.63) is 0 Å². The van der Waals surface area contributed by atoms with Crippen LogP contribution in [0.15, 0.2) is 0 Å². The molecule has 1 unspecified atom stereocenters. The molecule has 5 heteroatoms. The molecule has 1 N–H and O–H groups in total. The summed E-state index contributed by atoms with van der Waals surface area (Å²) in [7, 11) is -3.01. The molecule has 1 heterocycles. The van der Waals surface area contributed by atoms with E-state index in [-0.39, 0.29) is 0 Å². The Hall–Kier alpha value is -0.130. The number of sulfonamides is 1. The van der Waals surface area contributed by atoms with E-state index >= 15 is 0 Å². The highest BCUT2D eigenvalue weighted by molar-refractivity contribution is 7.89. The first-order valence-electron chi connectivity index (χ1n) is 7.83. The Morgan fingerprint density at radius 1 is 1.21 bits per heavy atom. The third-order valence-corrected chi connectivity index (χ3v) is 6.21. The minimum atomic E-state index is -3.01. The molecule has 0 aromatic carbocycles. The van der Waals surface area contributed by atoms with Crippen molar-refractivity contribution >= 4 is 10.0 Å². The van der Waals surface area contributed by atoms with Gasteiger partial charge in [-0.25, -0.2) is 12.7 Å². The topological polar surface area (TPSA) is 49.4 Å². The number of nitrogens with zero attached hydrogens (tertiary/aromatic N) is 1. The van der Waals surface area contributed by atoms with E-state index in [0.717, 1.165) is 51.4 Å². The molecule has 0 aromatic heterocycles. The van der Waals surface area contributed by atoms with Gasteiger partial charge >= 0.3 is 0 Å². The highest BCUT2D eigenvalue weighted by Gasteiger charge is 2.27. The fourth-order valence-electron chi connectivity index (χ4n) is 2.74. The maximum Gasteiger partial charge on any atom is 0.214 e. The largest absolute Gasteiger partial charge is 0.314 e. The van der Waals surface area contributed by atoms with Crippen LogP contribution in [0.4, 0.5) is 0 Å². The van der Waals surface area contributed by atoms with Gasteiger partial charge in [0.15, 0.2) is 0 Å². The van der Waals surface area contributed by atoms with Crippen LogP contribution in [0.25, 0.3) is 0 Å². The molecule has 0 spiro atoms. The van der Waals surface area contributed by atoms with E-state index in [4.69, 9.17) is 0 Å². The molecular formula is C14H28N2O2S. The predicted molar refractivity (Wildman–Crippen MR) is 78.6 cm³/mol. The molecule has 4 nitrogen and oxygen atoms in total. The molecule has 112 valence electrons. The molecule has 1 aliphatic heterocycles. The van der Waals surface area contributed by atoms with Gasteiger partial charge in [0.1, 0.15) is 0 Å². The monoisotopic (exact) mass is 288 g/mol. The minimum Gasteiger partial charge on any atom is -0.314 e. The molecule has 0 radical (unpaired) electrons. The zero-order chi connectivity index (χ0) is 13.7. The second kappa shape index (κ2) is 7.04. The van der Waals surface area contributed by atoms with Crippen LogP contribution in [0.5, 0.6) is 0 Å². The summed E-state index contributed by atoms with van der Waals surface area (Å²) in [6.07, 6.45) is 7.66. The van der Waals surface area contributed by atoms with Crippen molar-refractivity contribution in [2.45, 2.75) is 57.9 Å². The molecule has 2 rings (SSSR count). The van der Waals surface area contributed by atoms with Gasteiger partial charge in [-0.15, -0.1) is 0 Å². The molecule has 0 bridgehead atoms. The van der Waals surface area contributed by atoms with Gasteiger partial charge in [0.2, 0.25) is 10.0 Å². The van der Waals surface area contributed by atoms with E-state index < -0.39 is 10.0 Å². The third-order valence-electron chi connectivity index (χ3n) is 4.29. The summed E-state index contributed by atoms with van der Waals surface area (Å²) < 4.78 is 26.3. The van der Waals surface area contributed by atoms with Gasteiger partial charge in [0.05, 0.1) is 5.75 Å². The number of piperidine rings is 1. The Bertz CT molecular complexity index is 366. The van der Waals surface area contributed by atoms with Crippen molar-refractivity contribution < 1.29 is 8.42 Å². The Morgan fingerprint density at radius 3 is 2.68 bits per heavy atom. The second-order valence-corrected chi connectivity index (χ2v) is 8.11. The van der Waals surface area contributed by atoms with Gasteiger partial charge in [-0.2, -0.15) is 0 Å². The smallest absolute Gasteiger partial charge is 0.214 e. The summed E-state index contributed by atoms with van der Waals surface area (Å²) in [4.78, 5) is 0. The number of nitrogens with one attached hydrogen (secondary N) is 1. The van der Waals surface area contributed by atoms with Crippen molar-refractivity contribution in [2.24, 2.45) is 5.92 Å². The zero-order valence-electron chi connectivity index (χ0n) is 12.1. The molecule has 0 aromatic rings. The first kappa shape index (κ1) is 15.3. The van der Waals surface area contributed by atoms with Crippen LogP contribution in [0.3, 0.4) is 0 Å². The molecule has 19 heavy (non-hydrogen) atoms. The Morgan fingerprint density at radius 2 is 2.00 bits per heavy atom. The standard InChI is InChI=1S/C14H28N2O2S/c1-2-13-6-5-10-16(12-13)19(17,18)11-4-3-9-15-14-7-8-14/h13-15H,2-12H2,1H3. The minimum absolute atomic E-state index is 0.329. The number of rotatable bonds is 8. The van der Waals surface area contributed by atoms with Crippen molar-refractivity contribution in [2.75, 3.05) is 25.4 Å². The zero-order valence-corrected chi connectivity index (χ0v) is 12.9. The quantitative estimate of drug-likeness (QED) is 0.695. The predicted octanol–water partition coefficient (Wildman–Crippen LogP) is 1.97. The Kier molecular flexibility index (Phi) is 5.66. The van der Waals surface area contributed by atoms with Crippen LogP contribution in [0.1, 0.15) is 51.9 Å². The molecule has 2 aliphatic rings. The summed E-state index contributed by atoms with van der Waals surface area (Å²) in [5, 5.41) is 3.43. The SMILES string of the molecule is CCC1CCCN(S(=O)(=O)CCCCNC2CC2)C1. The third kappa shape index (κ3) is 5.04. The summed E-state index contributed by atoms with van der Waals surface area (Å²) in [6.45, 7) is 4.61. The van der Waals surface area contributed by atoms with Crippen molar-refractivity contribution in [1.82, 2.24) is 9.62 Å². The number of unbranched alkanes of at least 4 members (excludes halogenated alkanes) is 1. The summed E-state index contributed by atoms with van der Waals surface area (Å²) in [5.74, 6) is 0.899. The summed E-state index contributed by atoms with van der Waals surface area (Å²) >= 11 is 0. The lowest BCUT2D eigenvalue weighted by atomic mass is 9.97. The van der Waals surface area contributed by atoms with E-state index in [2.05, 4.69) is 12.2 Å². The van der Waals surface area contributed by atoms with E-state index in [0.29, 0.717) is 11.7 Å². The molecule has 1 atom stereocenters. The average Bonchev–Trinajstić information content (AvgIpc) is 3.22. The van der Waals surface area contributed by atoms with Crippen LogP contribution in [-0.4, -0.2) is 44.2 Å². The fourth-order valence-corrected chi connectivity index (χ4v) is 4.42. The van der Waals surface area contributed by atoms with Gasteiger partial charge in [-0.3, -0.25) is 0 Å². The van der Waals surface area contributed by atoms with E-state index in [1.807, 2.05) is 0 Å². The van der Waals surface area contributed by atoms with Crippen LogP contribution >= 0.6 is 0 Å². The Balaban J connectivity index is 1.67. The fraction of sp³-hybridized carbons (Fsp3) is 1.00. The van der Waals surface area contributed by atoms with Crippen LogP contribution in [0, 0.1) is 5.92 Å². The van der Waals surface area contributed by atoms with Gasteiger partial charge in [0.25, 0.3) is 0 Å². The van der Waals surface area contributed by atoms with E-state index in [1.165, 1.54) is 19.3 Å². The van der Waals surface area contributed by atoms with Gasteiger partial charge in [-0.1, -0.05) is 13.3 Å². The molecule has 1 saturated carbocycles. The molecule has 2 fully saturated rings. The van der Waals surface area contributed by atoms with Crippen molar-refractivity contribution in [1.29, 1.82) is 0 Å². The van der Waals surface area contributed by atoms with Crippen LogP contribution in [0.2, 0.25) is 0 Å². The first-order chi connectivity index (χ1) is 9.12. The second-order valence-electron chi connectivity index (χ2n) is 6.03.